The van der Waals surface area contributed by atoms with E-state index in [0.717, 1.165) is 42.7 Å². The van der Waals surface area contributed by atoms with E-state index < -0.39 is 28.5 Å². The highest BCUT2D eigenvalue weighted by Crippen LogP contribution is 2.25. The molecule has 3 rings (SSSR count). The number of nitrogens with zero attached hydrogens (tertiary/aromatic N) is 2. The Balaban J connectivity index is 1.87. The molecular formula is C27H35Cl2N3O5S. The molecule has 1 aliphatic carbocycles. The number of amides is 2. The van der Waals surface area contributed by atoms with Gasteiger partial charge in [0.1, 0.15) is 18.3 Å². The molecule has 2 amide bonds. The Morgan fingerprint density at radius 1 is 1.05 bits per heavy atom. The lowest BCUT2D eigenvalue weighted by Gasteiger charge is -2.33. The Bertz CT molecular complexity index is 1220. The van der Waals surface area contributed by atoms with Crippen molar-refractivity contribution in [2.24, 2.45) is 0 Å². The van der Waals surface area contributed by atoms with Gasteiger partial charge >= 0.3 is 0 Å². The Morgan fingerprint density at radius 2 is 1.71 bits per heavy atom. The predicted octanol–water partition coefficient (Wildman–Crippen LogP) is 5.02. The van der Waals surface area contributed by atoms with Gasteiger partial charge in [-0.3, -0.25) is 13.9 Å². The van der Waals surface area contributed by atoms with Crippen LogP contribution in [0.25, 0.3) is 0 Å². The quantitative estimate of drug-likeness (QED) is 0.400. The van der Waals surface area contributed by atoms with Gasteiger partial charge in [-0.1, -0.05) is 48.5 Å². The summed E-state index contributed by atoms with van der Waals surface area (Å²) in [6.07, 6.45) is 6.10. The first-order chi connectivity index (χ1) is 18.0. The maximum Gasteiger partial charge on any atom is 0.244 e. The molecular weight excluding hydrogens is 549 g/mol. The van der Waals surface area contributed by atoms with E-state index in [2.05, 4.69) is 5.32 Å². The van der Waals surface area contributed by atoms with Crippen LogP contribution in [0, 0.1) is 0 Å². The summed E-state index contributed by atoms with van der Waals surface area (Å²) >= 11 is 12.3. The zero-order chi connectivity index (χ0) is 27.9. The number of sulfonamides is 1. The summed E-state index contributed by atoms with van der Waals surface area (Å²) in [5.74, 6) is -0.218. The lowest BCUT2D eigenvalue weighted by atomic mass is 9.95. The first kappa shape index (κ1) is 30.1. The first-order valence-corrected chi connectivity index (χ1v) is 15.3. The van der Waals surface area contributed by atoms with E-state index in [0.29, 0.717) is 33.7 Å². The van der Waals surface area contributed by atoms with E-state index >= 15 is 0 Å². The molecule has 0 spiro atoms. The highest BCUT2D eigenvalue weighted by Gasteiger charge is 2.31. The molecule has 1 N–H and O–H groups in total. The van der Waals surface area contributed by atoms with E-state index in [1.807, 2.05) is 6.92 Å². The summed E-state index contributed by atoms with van der Waals surface area (Å²) in [7, 11) is -3.82. The minimum absolute atomic E-state index is 0.0514. The van der Waals surface area contributed by atoms with Gasteiger partial charge in [-0.15, -0.1) is 0 Å². The third-order valence-electron chi connectivity index (χ3n) is 6.57. The van der Waals surface area contributed by atoms with Crippen LogP contribution < -0.4 is 14.4 Å². The number of hydrogen-bond acceptors (Lipinski definition) is 5. The average Bonchev–Trinajstić information content (AvgIpc) is 2.88. The van der Waals surface area contributed by atoms with Crippen LogP contribution in [0.4, 0.5) is 5.69 Å². The molecule has 0 bridgehead atoms. The second-order valence-corrected chi connectivity index (χ2v) is 12.2. The lowest BCUT2D eigenvalue weighted by molar-refractivity contribution is -0.139. The molecule has 1 fully saturated rings. The number of carbonyl (C=O) groups excluding carboxylic acids is 2. The van der Waals surface area contributed by atoms with Gasteiger partial charge in [-0.05, 0) is 68.7 Å². The van der Waals surface area contributed by atoms with Crippen LogP contribution in [0.2, 0.25) is 10.0 Å². The smallest absolute Gasteiger partial charge is 0.244 e. The highest BCUT2D eigenvalue weighted by molar-refractivity contribution is 7.92. The molecule has 0 radical (unpaired) electrons. The molecule has 208 valence electrons. The minimum atomic E-state index is -3.82. The van der Waals surface area contributed by atoms with Crippen molar-refractivity contribution in [3.63, 3.8) is 0 Å². The Kier molecular flexibility index (Phi) is 10.7. The molecule has 0 aliphatic heterocycles. The van der Waals surface area contributed by atoms with Crippen molar-refractivity contribution in [2.45, 2.75) is 64.6 Å². The Morgan fingerprint density at radius 3 is 2.29 bits per heavy atom. The second-order valence-electron chi connectivity index (χ2n) is 9.49. The lowest BCUT2D eigenvalue weighted by Crippen LogP contribution is -2.52. The zero-order valence-corrected chi connectivity index (χ0v) is 24.3. The molecule has 1 aliphatic rings. The van der Waals surface area contributed by atoms with E-state index in [9.17, 15) is 18.0 Å². The number of carbonyl (C=O) groups is 2. The number of nitrogens with one attached hydrogen (secondary N) is 1. The fourth-order valence-corrected chi connectivity index (χ4v) is 5.65. The van der Waals surface area contributed by atoms with Crippen molar-refractivity contribution >= 4 is 50.7 Å². The standard InChI is InChI=1S/C27H35Cl2N3O5S/c1-4-37-23-13-11-22(12-14-23)32(38(3,35)36)18-26(33)31(17-20-10-15-24(28)25(29)16-20)19(2)27(34)30-21-8-6-5-7-9-21/h10-16,19,21H,4-9,17-18H2,1-3H3,(H,30,34)/t19-/m0/s1. The molecule has 1 saturated carbocycles. The first-order valence-electron chi connectivity index (χ1n) is 12.7. The van der Waals surface area contributed by atoms with Crippen LogP contribution in [-0.4, -0.2) is 56.6 Å². The van der Waals surface area contributed by atoms with Gasteiger partial charge in [0.25, 0.3) is 0 Å². The largest absolute Gasteiger partial charge is 0.494 e. The van der Waals surface area contributed by atoms with Crippen molar-refractivity contribution in [1.29, 1.82) is 0 Å². The van der Waals surface area contributed by atoms with Crippen LogP contribution in [0.15, 0.2) is 42.5 Å². The van der Waals surface area contributed by atoms with Crippen molar-refractivity contribution in [2.75, 3.05) is 23.7 Å². The van der Waals surface area contributed by atoms with Crippen molar-refractivity contribution in [3.05, 3.63) is 58.1 Å². The minimum Gasteiger partial charge on any atom is -0.494 e. The Labute approximate surface area is 235 Å². The normalized spacial score (nSPS) is 15.0. The van der Waals surface area contributed by atoms with Gasteiger partial charge in [0.05, 0.1) is 28.6 Å². The number of anilines is 1. The maximum atomic E-state index is 13.7. The Hall–Kier alpha value is -2.49. The number of ether oxygens (including phenoxy) is 1. The van der Waals surface area contributed by atoms with Crippen LogP contribution in [0.1, 0.15) is 51.5 Å². The molecule has 1 atom stereocenters. The number of benzene rings is 2. The molecule has 0 saturated heterocycles. The summed E-state index contributed by atoms with van der Waals surface area (Å²) in [4.78, 5) is 28.3. The van der Waals surface area contributed by atoms with Gasteiger partial charge in [0, 0.05) is 12.6 Å². The number of halogens is 2. The monoisotopic (exact) mass is 583 g/mol. The predicted molar refractivity (Wildman–Crippen MR) is 151 cm³/mol. The van der Waals surface area contributed by atoms with E-state index in [1.165, 1.54) is 4.90 Å². The van der Waals surface area contributed by atoms with Crippen molar-refractivity contribution in [3.8, 4) is 5.75 Å². The van der Waals surface area contributed by atoms with Gasteiger partial charge < -0.3 is 15.0 Å². The summed E-state index contributed by atoms with van der Waals surface area (Å²) in [5, 5.41) is 3.76. The van der Waals surface area contributed by atoms with E-state index in [4.69, 9.17) is 27.9 Å². The molecule has 8 nitrogen and oxygen atoms in total. The van der Waals surface area contributed by atoms with Crippen LogP contribution in [0.3, 0.4) is 0 Å². The summed E-state index contributed by atoms with van der Waals surface area (Å²) < 4.78 is 31.9. The van der Waals surface area contributed by atoms with Crippen LogP contribution in [-0.2, 0) is 26.2 Å². The molecule has 38 heavy (non-hydrogen) atoms. The number of hydrogen-bond donors (Lipinski definition) is 1. The maximum absolute atomic E-state index is 13.7. The zero-order valence-electron chi connectivity index (χ0n) is 22.0. The summed E-state index contributed by atoms with van der Waals surface area (Å²) in [6, 6.07) is 10.7. The van der Waals surface area contributed by atoms with Crippen LogP contribution >= 0.6 is 23.2 Å². The van der Waals surface area contributed by atoms with Gasteiger partial charge in [-0.2, -0.15) is 0 Å². The third kappa shape index (κ3) is 8.25. The van der Waals surface area contributed by atoms with Gasteiger partial charge in [0.2, 0.25) is 21.8 Å². The summed E-state index contributed by atoms with van der Waals surface area (Å²) in [6.45, 7) is 3.54. The molecule has 2 aromatic carbocycles. The summed E-state index contributed by atoms with van der Waals surface area (Å²) in [5.41, 5.74) is 0.982. The van der Waals surface area contributed by atoms with Crippen molar-refractivity contribution < 1.29 is 22.7 Å². The fourth-order valence-electron chi connectivity index (χ4n) is 4.48. The molecule has 0 aromatic heterocycles. The topological polar surface area (TPSA) is 96.0 Å². The SMILES string of the molecule is CCOc1ccc(N(CC(=O)N(Cc2ccc(Cl)c(Cl)c2)[C@@H](C)C(=O)NC2CCCCC2)S(C)(=O)=O)cc1. The molecule has 11 heteroatoms. The molecule has 2 aromatic rings. The van der Waals surface area contributed by atoms with E-state index in [-0.39, 0.29) is 18.5 Å². The highest BCUT2D eigenvalue weighted by atomic mass is 35.5. The average molecular weight is 585 g/mol. The van der Waals surface area contributed by atoms with Gasteiger partial charge in [-0.25, -0.2) is 8.42 Å². The molecule has 0 heterocycles. The van der Waals surface area contributed by atoms with Crippen molar-refractivity contribution in [1.82, 2.24) is 10.2 Å². The third-order valence-corrected chi connectivity index (χ3v) is 8.45. The van der Waals surface area contributed by atoms with E-state index in [1.54, 1.807) is 49.4 Å². The van der Waals surface area contributed by atoms with Crippen LogP contribution in [0.5, 0.6) is 5.75 Å². The second kappa shape index (κ2) is 13.5. The van der Waals surface area contributed by atoms with Gasteiger partial charge in [0.15, 0.2) is 0 Å². The molecule has 0 unspecified atom stereocenters. The fraction of sp³-hybridized carbons (Fsp3) is 0.481. The number of rotatable bonds is 11.